The van der Waals surface area contributed by atoms with Crippen LogP contribution in [0.5, 0.6) is 0 Å². The van der Waals surface area contributed by atoms with Crippen LogP contribution in [0, 0.1) is 16.7 Å². The van der Waals surface area contributed by atoms with E-state index in [9.17, 15) is 14.7 Å². The minimum atomic E-state index is -0.804. The van der Waals surface area contributed by atoms with Crippen LogP contribution >= 0.6 is 0 Å². The summed E-state index contributed by atoms with van der Waals surface area (Å²) in [5.41, 5.74) is -1.31. The Morgan fingerprint density at radius 2 is 1.94 bits per heavy atom. The first-order valence-corrected chi connectivity index (χ1v) is 6.28. The van der Waals surface area contributed by atoms with Crippen LogP contribution in [-0.2, 0) is 9.59 Å². The van der Waals surface area contributed by atoms with Crippen molar-refractivity contribution in [2.24, 2.45) is 16.7 Å². The molecule has 0 bridgehead atoms. The number of rotatable bonds is 4. The molecule has 0 aromatic rings. The van der Waals surface area contributed by atoms with Gasteiger partial charge in [-0.1, -0.05) is 20.8 Å². The van der Waals surface area contributed by atoms with Gasteiger partial charge >= 0.3 is 5.97 Å². The zero-order valence-electron chi connectivity index (χ0n) is 11.2. The van der Waals surface area contributed by atoms with Crippen LogP contribution in [0.15, 0.2) is 0 Å². The number of carbonyl (C=O) groups is 2. The molecular weight excluding hydrogens is 218 g/mol. The van der Waals surface area contributed by atoms with Crippen molar-refractivity contribution >= 4 is 11.9 Å². The lowest BCUT2D eigenvalue weighted by Gasteiger charge is -2.37. The third kappa shape index (κ3) is 2.17. The third-order valence-corrected chi connectivity index (χ3v) is 4.56. The highest BCUT2D eigenvalue weighted by Crippen LogP contribution is 2.56. The third-order valence-electron chi connectivity index (χ3n) is 4.56. The minimum absolute atomic E-state index is 0.00169. The van der Waals surface area contributed by atoms with Crippen LogP contribution in [-0.4, -0.2) is 23.5 Å². The number of hydrogen-bond donors (Lipinski definition) is 2. The summed E-state index contributed by atoms with van der Waals surface area (Å²) < 4.78 is 0. The number of carboxylic acid groups (broad SMARTS) is 1. The van der Waals surface area contributed by atoms with E-state index in [2.05, 4.69) is 5.32 Å². The van der Waals surface area contributed by atoms with Gasteiger partial charge in [0.2, 0.25) is 5.91 Å². The fourth-order valence-electron chi connectivity index (χ4n) is 2.71. The molecule has 2 atom stereocenters. The molecule has 17 heavy (non-hydrogen) atoms. The van der Waals surface area contributed by atoms with Crippen LogP contribution < -0.4 is 5.32 Å². The van der Waals surface area contributed by atoms with Gasteiger partial charge < -0.3 is 10.4 Å². The summed E-state index contributed by atoms with van der Waals surface area (Å²) in [6.07, 6.45) is 2.12. The van der Waals surface area contributed by atoms with Crippen molar-refractivity contribution < 1.29 is 14.7 Å². The van der Waals surface area contributed by atoms with Crippen molar-refractivity contribution in [2.75, 3.05) is 6.54 Å². The Morgan fingerprint density at radius 1 is 1.35 bits per heavy atom. The van der Waals surface area contributed by atoms with Crippen molar-refractivity contribution in [1.82, 2.24) is 5.32 Å². The first-order valence-electron chi connectivity index (χ1n) is 6.28. The van der Waals surface area contributed by atoms with E-state index in [1.165, 1.54) is 0 Å². The van der Waals surface area contributed by atoms with Gasteiger partial charge in [-0.25, -0.2) is 0 Å². The van der Waals surface area contributed by atoms with E-state index in [0.717, 1.165) is 6.42 Å². The van der Waals surface area contributed by atoms with E-state index >= 15 is 0 Å². The maximum atomic E-state index is 12.0. The Hall–Kier alpha value is -1.06. The lowest BCUT2D eigenvalue weighted by molar-refractivity contribution is -0.155. The molecule has 0 aromatic heterocycles. The van der Waals surface area contributed by atoms with Crippen molar-refractivity contribution in [3.05, 3.63) is 0 Å². The summed E-state index contributed by atoms with van der Waals surface area (Å²) in [5, 5.41) is 12.2. The highest BCUT2D eigenvalue weighted by Gasteiger charge is 2.58. The second-order valence-electron chi connectivity index (χ2n) is 5.74. The van der Waals surface area contributed by atoms with Gasteiger partial charge in [0, 0.05) is 12.5 Å². The quantitative estimate of drug-likeness (QED) is 0.791. The summed E-state index contributed by atoms with van der Waals surface area (Å²) in [5.74, 6) is -0.995. The van der Waals surface area contributed by atoms with Gasteiger partial charge in [-0.15, -0.1) is 0 Å². The number of aliphatic carboxylic acids is 1. The van der Waals surface area contributed by atoms with Gasteiger partial charge in [-0.05, 0) is 31.6 Å². The Kier molecular flexibility index (Phi) is 3.84. The topological polar surface area (TPSA) is 66.4 Å². The fraction of sp³-hybridized carbons (Fsp3) is 0.846. The summed E-state index contributed by atoms with van der Waals surface area (Å²) in [6, 6.07) is 0. The van der Waals surface area contributed by atoms with E-state index in [0.29, 0.717) is 19.4 Å². The summed E-state index contributed by atoms with van der Waals surface area (Å²) >= 11 is 0. The Bertz CT molecular complexity index is 325. The van der Waals surface area contributed by atoms with Gasteiger partial charge in [-0.2, -0.15) is 0 Å². The van der Waals surface area contributed by atoms with Crippen molar-refractivity contribution in [3.8, 4) is 0 Å². The summed E-state index contributed by atoms with van der Waals surface area (Å²) in [4.78, 5) is 23.4. The van der Waals surface area contributed by atoms with Crippen LogP contribution in [0.2, 0.25) is 0 Å². The number of carboxylic acids is 1. The standard InChI is InChI=1S/C13H23NO3/c1-5-8-14-10(15)9-6-7-13(4,11(16)17)12(9,2)3/h9H,5-8H2,1-4H3,(H,14,15)(H,16,17). The van der Waals surface area contributed by atoms with Crippen LogP contribution in [0.1, 0.15) is 47.0 Å². The summed E-state index contributed by atoms with van der Waals surface area (Å²) in [7, 11) is 0. The van der Waals surface area contributed by atoms with Crippen molar-refractivity contribution in [3.63, 3.8) is 0 Å². The number of carbonyl (C=O) groups excluding carboxylic acids is 1. The van der Waals surface area contributed by atoms with Gasteiger partial charge in [0.25, 0.3) is 0 Å². The molecule has 0 aromatic carbocycles. The maximum absolute atomic E-state index is 12.0. The Balaban J connectivity index is 2.86. The monoisotopic (exact) mass is 241 g/mol. The van der Waals surface area contributed by atoms with Crippen molar-refractivity contribution in [1.29, 1.82) is 0 Å². The largest absolute Gasteiger partial charge is 0.481 e. The number of nitrogens with one attached hydrogen (secondary N) is 1. The molecule has 1 fully saturated rings. The molecule has 4 heteroatoms. The molecule has 1 aliphatic rings. The van der Waals surface area contributed by atoms with E-state index in [-0.39, 0.29) is 11.8 Å². The van der Waals surface area contributed by atoms with Gasteiger partial charge in [0.05, 0.1) is 5.41 Å². The highest BCUT2D eigenvalue weighted by molar-refractivity contribution is 5.83. The molecule has 98 valence electrons. The molecule has 1 saturated carbocycles. The average Bonchev–Trinajstić information content (AvgIpc) is 2.48. The SMILES string of the molecule is CCCNC(=O)C1CCC(C)(C(=O)O)C1(C)C. The predicted molar refractivity (Wildman–Crippen MR) is 65.5 cm³/mol. The van der Waals surface area contributed by atoms with E-state index < -0.39 is 16.8 Å². The molecule has 2 unspecified atom stereocenters. The number of amides is 1. The molecular formula is C13H23NO3. The lowest BCUT2D eigenvalue weighted by atomic mass is 9.65. The lowest BCUT2D eigenvalue weighted by Crippen LogP contribution is -2.45. The predicted octanol–water partition coefficient (Wildman–Crippen LogP) is 2.04. The molecule has 1 amide bonds. The summed E-state index contributed by atoms with van der Waals surface area (Å²) in [6.45, 7) is 8.20. The molecule has 1 rings (SSSR count). The molecule has 0 spiro atoms. The average molecular weight is 241 g/mol. The molecule has 1 aliphatic carbocycles. The second-order valence-corrected chi connectivity index (χ2v) is 5.74. The molecule has 4 nitrogen and oxygen atoms in total. The van der Waals surface area contributed by atoms with Crippen LogP contribution in [0.3, 0.4) is 0 Å². The van der Waals surface area contributed by atoms with Gasteiger partial charge in [0.1, 0.15) is 0 Å². The highest BCUT2D eigenvalue weighted by atomic mass is 16.4. The fourth-order valence-corrected chi connectivity index (χ4v) is 2.71. The second kappa shape index (κ2) is 4.67. The van der Waals surface area contributed by atoms with E-state index in [1.54, 1.807) is 6.92 Å². The van der Waals surface area contributed by atoms with Gasteiger partial charge in [0.15, 0.2) is 0 Å². The Morgan fingerprint density at radius 3 is 2.35 bits per heavy atom. The first kappa shape index (κ1) is 14.0. The molecule has 0 saturated heterocycles. The smallest absolute Gasteiger partial charge is 0.309 e. The molecule has 0 radical (unpaired) electrons. The zero-order chi connectivity index (χ0) is 13.3. The van der Waals surface area contributed by atoms with Crippen LogP contribution in [0.4, 0.5) is 0 Å². The van der Waals surface area contributed by atoms with Gasteiger partial charge in [-0.3, -0.25) is 9.59 Å². The minimum Gasteiger partial charge on any atom is -0.481 e. The van der Waals surface area contributed by atoms with E-state index in [4.69, 9.17) is 0 Å². The molecule has 0 heterocycles. The number of hydrogen-bond acceptors (Lipinski definition) is 2. The maximum Gasteiger partial charge on any atom is 0.309 e. The first-order chi connectivity index (χ1) is 7.77. The van der Waals surface area contributed by atoms with Crippen LogP contribution in [0.25, 0.3) is 0 Å². The molecule has 0 aliphatic heterocycles. The Labute approximate surface area is 103 Å². The normalized spacial score (nSPS) is 31.2. The van der Waals surface area contributed by atoms with E-state index in [1.807, 2.05) is 20.8 Å². The molecule has 2 N–H and O–H groups in total. The zero-order valence-corrected chi connectivity index (χ0v) is 11.2. The van der Waals surface area contributed by atoms with Crippen molar-refractivity contribution in [2.45, 2.75) is 47.0 Å².